The van der Waals surface area contributed by atoms with Gasteiger partial charge in [0.2, 0.25) is 5.76 Å². The summed E-state index contributed by atoms with van der Waals surface area (Å²) >= 11 is 5.95. The van der Waals surface area contributed by atoms with Gasteiger partial charge in [-0.15, -0.1) is 0 Å². The first-order valence-electron chi connectivity index (χ1n) is 7.15. The van der Waals surface area contributed by atoms with Gasteiger partial charge in [0.05, 0.1) is 0 Å². The lowest BCUT2D eigenvalue weighted by molar-refractivity contribution is -0.129. The molecule has 1 fully saturated rings. The SMILES string of the molecule is Cc1c(C(=O)O[C@H](C)C(=O)NC2CC2)oc2ccc(Cl)cc12. The maximum Gasteiger partial charge on any atom is 0.375 e. The van der Waals surface area contributed by atoms with E-state index in [2.05, 4.69) is 5.32 Å². The summed E-state index contributed by atoms with van der Waals surface area (Å²) in [4.78, 5) is 24.0. The van der Waals surface area contributed by atoms with Crippen LogP contribution in [-0.4, -0.2) is 24.0 Å². The van der Waals surface area contributed by atoms with Crippen molar-refractivity contribution in [1.29, 1.82) is 0 Å². The third kappa shape index (κ3) is 2.95. The summed E-state index contributed by atoms with van der Waals surface area (Å²) in [5, 5.41) is 4.12. The van der Waals surface area contributed by atoms with Crippen molar-refractivity contribution in [2.45, 2.75) is 38.8 Å². The monoisotopic (exact) mass is 321 g/mol. The zero-order chi connectivity index (χ0) is 15.9. The number of hydrogen-bond acceptors (Lipinski definition) is 4. The molecule has 6 heteroatoms. The number of benzene rings is 1. The number of halogens is 1. The Morgan fingerprint density at radius 2 is 2.14 bits per heavy atom. The summed E-state index contributed by atoms with van der Waals surface area (Å²) in [6.45, 7) is 3.30. The van der Waals surface area contributed by atoms with E-state index in [9.17, 15) is 9.59 Å². The summed E-state index contributed by atoms with van der Waals surface area (Å²) in [6, 6.07) is 5.34. The van der Waals surface area contributed by atoms with E-state index in [1.165, 1.54) is 0 Å². The zero-order valence-corrected chi connectivity index (χ0v) is 13.1. The van der Waals surface area contributed by atoms with E-state index in [0.717, 1.165) is 18.2 Å². The molecule has 0 aliphatic heterocycles. The topological polar surface area (TPSA) is 68.5 Å². The van der Waals surface area contributed by atoms with Crippen LogP contribution >= 0.6 is 11.6 Å². The van der Waals surface area contributed by atoms with Crippen molar-refractivity contribution in [3.63, 3.8) is 0 Å². The first kappa shape index (κ1) is 14.9. The molecule has 0 spiro atoms. The number of ether oxygens (including phenoxy) is 1. The van der Waals surface area contributed by atoms with Crippen LogP contribution in [0.25, 0.3) is 11.0 Å². The molecule has 0 bridgehead atoms. The van der Waals surface area contributed by atoms with Crippen molar-refractivity contribution in [3.8, 4) is 0 Å². The Hall–Kier alpha value is -2.01. The summed E-state index contributed by atoms with van der Waals surface area (Å²) in [5.41, 5.74) is 1.21. The number of hydrogen-bond donors (Lipinski definition) is 1. The number of esters is 1. The third-order valence-corrected chi connectivity index (χ3v) is 3.90. The average molecular weight is 322 g/mol. The summed E-state index contributed by atoms with van der Waals surface area (Å²) in [6.07, 6.45) is 1.11. The Morgan fingerprint density at radius 3 is 2.82 bits per heavy atom. The number of rotatable bonds is 4. The van der Waals surface area contributed by atoms with Crippen LogP contribution in [0.5, 0.6) is 0 Å². The maximum atomic E-state index is 12.2. The predicted molar refractivity (Wildman–Crippen MR) is 82.0 cm³/mol. The smallest absolute Gasteiger partial charge is 0.375 e. The van der Waals surface area contributed by atoms with Gasteiger partial charge in [0.1, 0.15) is 5.58 Å². The molecular weight excluding hydrogens is 306 g/mol. The molecule has 22 heavy (non-hydrogen) atoms. The molecule has 1 aromatic heterocycles. The first-order valence-corrected chi connectivity index (χ1v) is 7.53. The summed E-state index contributed by atoms with van der Waals surface area (Å²) < 4.78 is 10.7. The van der Waals surface area contributed by atoms with E-state index in [0.29, 0.717) is 16.2 Å². The Morgan fingerprint density at radius 1 is 1.41 bits per heavy atom. The predicted octanol–water partition coefficient (Wildman–Crippen LogP) is 3.22. The molecule has 1 N–H and O–H groups in total. The molecule has 3 rings (SSSR count). The van der Waals surface area contributed by atoms with Crippen molar-refractivity contribution in [2.24, 2.45) is 0 Å². The minimum atomic E-state index is -0.857. The van der Waals surface area contributed by atoms with Gasteiger partial charge in [-0.2, -0.15) is 0 Å². The van der Waals surface area contributed by atoms with Crippen LogP contribution in [0.15, 0.2) is 22.6 Å². The molecule has 0 saturated heterocycles. The molecule has 1 aromatic carbocycles. The fraction of sp³-hybridized carbons (Fsp3) is 0.375. The van der Waals surface area contributed by atoms with E-state index >= 15 is 0 Å². The molecule has 5 nitrogen and oxygen atoms in total. The lowest BCUT2D eigenvalue weighted by atomic mass is 10.1. The zero-order valence-electron chi connectivity index (χ0n) is 12.3. The van der Waals surface area contributed by atoms with Crippen molar-refractivity contribution in [1.82, 2.24) is 5.32 Å². The van der Waals surface area contributed by atoms with Gasteiger partial charge in [-0.1, -0.05) is 11.6 Å². The molecule has 0 unspecified atom stereocenters. The van der Waals surface area contributed by atoms with Crippen LogP contribution in [0.3, 0.4) is 0 Å². The van der Waals surface area contributed by atoms with E-state index in [4.69, 9.17) is 20.8 Å². The number of nitrogens with one attached hydrogen (secondary N) is 1. The van der Waals surface area contributed by atoms with Crippen LogP contribution in [0.2, 0.25) is 5.02 Å². The third-order valence-electron chi connectivity index (χ3n) is 3.66. The highest BCUT2D eigenvalue weighted by Gasteiger charge is 2.28. The highest BCUT2D eigenvalue weighted by molar-refractivity contribution is 6.31. The van der Waals surface area contributed by atoms with Gasteiger partial charge in [-0.3, -0.25) is 4.79 Å². The molecule has 1 aliphatic carbocycles. The van der Waals surface area contributed by atoms with Crippen molar-refractivity contribution in [2.75, 3.05) is 0 Å². The molecule has 1 atom stereocenters. The molecule has 1 saturated carbocycles. The molecule has 1 heterocycles. The second kappa shape index (κ2) is 5.65. The fourth-order valence-corrected chi connectivity index (χ4v) is 2.37. The van der Waals surface area contributed by atoms with Gasteiger partial charge < -0.3 is 14.5 Å². The summed E-state index contributed by atoms with van der Waals surface area (Å²) in [7, 11) is 0. The minimum Gasteiger partial charge on any atom is -0.449 e. The molecule has 116 valence electrons. The Labute approximate surface area is 132 Å². The maximum absolute atomic E-state index is 12.2. The van der Waals surface area contributed by atoms with Gasteiger partial charge in [-0.25, -0.2) is 4.79 Å². The first-order chi connectivity index (χ1) is 10.5. The van der Waals surface area contributed by atoms with Crippen LogP contribution in [0, 0.1) is 6.92 Å². The Balaban J connectivity index is 1.76. The average Bonchev–Trinajstić information content (AvgIpc) is 3.23. The Bertz CT molecular complexity index is 748. The van der Waals surface area contributed by atoms with E-state index in [-0.39, 0.29) is 17.7 Å². The molecule has 1 aliphatic rings. The van der Waals surface area contributed by atoms with Crippen molar-refractivity contribution < 1.29 is 18.7 Å². The quantitative estimate of drug-likeness (QED) is 0.878. The minimum absolute atomic E-state index is 0.100. The van der Waals surface area contributed by atoms with Crippen molar-refractivity contribution >= 4 is 34.4 Å². The highest BCUT2D eigenvalue weighted by Crippen LogP contribution is 2.28. The molecule has 0 radical (unpaired) electrons. The lowest BCUT2D eigenvalue weighted by Crippen LogP contribution is -2.37. The highest BCUT2D eigenvalue weighted by atomic mass is 35.5. The Kier molecular flexibility index (Phi) is 3.83. The van der Waals surface area contributed by atoms with Gasteiger partial charge in [0.15, 0.2) is 6.10 Å². The second-order valence-electron chi connectivity index (χ2n) is 5.53. The largest absolute Gasteiger partial charge is 0.449 e. The number of fused-ring (bicyclic) bond motifs is 1. The van der Waals surface area contributed by atoms with Gasteiger partial charge in [0, 0.05) is 22.0 Å². The lowest BCUT2D eigenvalue weighted by Gasteiger charge is -2.12. The van der Waals surface area contributed by atoms with E-state index < -0.39 is 12.1 Å². The standard InChI is InChI=1S/C16H16ClNO4/c1-8-12-7-10(17)3-6-13(12)22-14(8)16(20)21-9(2)15(19)18-11-4-5-11/h3,6-7,9,11H,4-5H2,1-2H3,(H,18,19)/t9-/m1/s1. The van der Waals surface area contributed by atoms with Gasteiger partial charge >= 0.3 is 5.97 Å². The number of carbonyl (C=O) groups is 2. The number of carbonyl (C=O) groups excluding carboxylic acids is 2. The van der Waals surface area contributed by atoms with Crippen LogP contribution in [0.1, 0.15) is 35.9 Å². The van der Waals surface area contributed by atoms with Crippen molar-refractivity contribution in [3.05, 3.63) is 34.5 Å². The molecular formula is C16H16ClNO4. The number of aryl methyl sites for hydroxylation is 1. The fourth-order valence-electron chi connectivity index (χ4n) is 2.20. The van der Waals surface area contributed by atoms with Gasteiger partial charge in [-0.05, 0) is 44.9 Å². The van der Waals surface area contributed by atoms with Crippen LogP contribution < -0.4 is 5.32 Å². The number of furan rings is 1. The van der Waals surface area contributed by atoms with E-state index in [1.807, 2.05) is 0 Å². The van der Waals surface area contributed by atoms with Crippen LogP contribution in [0.4, 0.5) is 0 Å². The summed E-state index contributed by atoms with van der Waals surface area (Å²) in [5.74, 6) is -0.834. The molecule has 2 aromatic rings. The van der Waals surface area contributed by atoms with Crippen LogP contribution in [-0.2, 0) is 9.53 Å². The normalized spacial score (nSPS) is 15.6. The van der Waals surface area contributed by atoms with E-state index in [1.54, 1.807) is 32.0 Å². The molecule has 1 amide bonds. The number of amides is 1. The second-order valence-corrected chi connectivity index (χ2v) is 5.96. The van der Waals surface area contributed by atoms with Gasteiger partial charge in [0.25, 0.3) is 5.91 Å².